The summed E-state index contributed by atoms with van der Waals surface area (Å²) in [5, 5.41) is 0. The average Bonchev–Trinajstić information content (AvgIpc) is 2.56. The second-order valence-electron chi connectivity index (χ2n) is 4.99. The van der Waals surface area contributed by atoms with Gasteiger partial charge >= 0.3 is 0 Å². The molecule has 3 nitrogen and oxygen atoms in total. The molecule has 0 aliphatic rings. The van der Waals surface area contributed by atoms with Gasteiger partial charge in [-0.2, -0.15) is 11.8 Å². The van der Waals surface area contributed by atoms with Crippen LogP contribution in [-0.4, -0.2) is 15.1 Å². The smallest absolute Gasteiger partial charge is 0.258 e. The predicted molar refractivity (Wildman–Crippen MR) is 101 cm³/mol. The van der Waals surface area contributed by atoms with Gasteiger partial charge in [-0.15, -0.1) is 0 Å². The highest BCUT2D eigenvalue weighted by Crippen LogP contribution is 2.13. The molecule has 0 bridgehead atoms. The molecule has 0 amide bonds. The van der Waals surface area contributed by atoms with E-state index in [-0.39, 0.29) is 5.56 Å². The molecule has 0 unspecified atom stereocenters. The molecule has 0 N–H and O–H groups in total. The van der Waals surface area contributed by atoms with Gasteiger partial charge < -0.3 is 0 Å². The molecule has 0 fully saturated rings. The molecule has 0 saturated heterocycles. The Kier molecular flexibility index (Phi) is 5.31. The van der Waals surface area contributed by atoms with Gasteiger partial charge in [-0.05, 0) is 33.6 Å². The molecule has 2 aromatic heterocycles. The Hall–Kier alpha value is -1.85. The lowest BCUT2D eigenvalue weighted by atomic mass is 10.2. The minimum atomic E-state index is -0.0493. The van der Waals surface area contributed by atoms with Crippen molar-refractivity contribution in [1.29, 1.82) is 0 Å². The Bertz CT molecular complexity index is 890. The van der Waals surface area contributed by atoms with Gasteiger partial charge in [0, 0.05) is 28.2 Å². The van der Waals surface area contributed by atoms with Crippen molar-refractivity contribution in [1.82, 2.24) is 9.38 Å². The Morgan fingerprint density at radius 3 is 2.83 bits per heavy atom. The topological polar surface area (TPSA) is 34.4 Å². The highest BCUT2D eigenvalue weighted by atomic mass is 79.9. The number of halogens is 1. The van der Waals surface area contributed by atoms with Crippen LogP contribution in [0.15, 0.2) is 70.1 Å². The third-order valence-electron chi connectivity index (χ3n) is 3.25. The van der Waals surface area contributed by atoms with Crippen molar-refractivity contribution >= 4 is 39.4 Å². The fraction of sp³-hybridized carbons (Fsp3) is 0.111. The third kappa shape index (κ3) is 4.33. The van der Waals surface area contributed by atoms with Crippen molar-refractivity contribution in [2.75, 3.05) is 5.75 Å². The van der Waals surface area contributed by atoms with Crippen LogP contribution in [0.25, 0.3) is 11.7 Å². The summed E-state index contributed by atoms with van der Waals surface area (Å²) in [6.45, 7) is 0. The van der Waals surface area contributed by atoms with Crippen LogP contribution in [0.3, 0.4) is 0 Å². The molecular formula is C18H15BrN2OS. The first-order chi connectivity index (χ1) is 11.2. The summed E-state index contributed by atoms with van der Waals surface area (Å²) in [6, 6.07) is 15.5. The first-order valence-corrected chi connectivity index (χ1v) is 9.14. The molecule has 0 radical (unpaired) electrons. The van der Waals surface area contributed by atoms with E-state index >= 15 is 0 Å². The van der Waals surface area contributed by atoms with E-state index in [1.165, 1.54) is 5.56 Å². The molecule has 0 spiro atoms. The predicted octanol–water partition coefficient (Wildman–Crippen LogP) is 4.40. The molecule has 0 aliphatic carbocycles. The maximum Gasteiger partial charge on any atom is 0.258 e. The van der Waals surface area contributed by atoms with E-state index in [9.17, 15) is 4.79 Å². The van der Waals surface area contributed by atoms with Crippen LogP contribution >= 0.6 is 27.7 Å². The number of hydrogen-bond donors (Lipinski definition) is 0. The Morgan fingerprint density at radius 1 is 1.17 bits per heavy atom. The van der Waals surface area contributed by atoms with Crippen molar-refractivity contribution in [2.45, 2.75) is 5.75 Å². The van der Waals surface area contributed by atoms with E-state index in [0.29, 0.717) is 5.65 Å². The number of hydrogen-bond acceptors (Lipinski definition) is 3. The normalized spacial score (nSPS) is 11.3. The molecule has 5 heteroatoms. The third-order valence-corrected chi connectivity index (χ3v) is 4.65. The average molecular weight is 387 g/mol. The van der Waals surface area contributed by atoms with E-state index in [0.717, 1.165) is 21.7 Å². The molecule has 2 heterocycles. The van der Waals surface area contributed by atoms with Gasteiger partial charge in [-0.25, -0.2) is 4.98 Å². The van der Waals surface area contributed by atoms with Crippen LogP contribution in [0, 0.1) is 0 Å². The zero-order chi connectivity index (χ0) is 16.1. The van der Waals surface area contributed by atoms with E-state index in [1.807, 2.05) is 30.3 Å². The van der Waals surface area contributed by atoms with Gasteiger partial charge in [0.15, 0.2) is 0 Å². The molecule has 0 atom stereocenters. The summed E-state index contributed by atoms with van der Waals surface area (Å²) in [5.74, 6) is 1.61. The molecular weight excluding hydrogens is 372 g/mol. The van der Waals surface area contributed by atoms with Crippen LogP contribution in [-0.2, 0) is 5.75 Å². The van der Waals surface area contributed by atoms with Crippen molar-refractivity contribution in [3.63, 3.8) is 0 Å². The minimum Gasteiger partial charge on any atom is -0.269 e. The van der Waals surface area contributed by atoms with Crippen LogP contribution in [0.2, 0.25) is 0 Å². The van der Waals surface area contributed by atoms with Crippen LogP contribution < -0.4 is 5.56 Å². The van der Waals surface area contributed by atoms with Gasteiger partial charge in [-0.1, -0.05) is 42.5 Å². The number of aromatic nitrogens is 2. The number of fused-ring (bicyclic) bond motifs is 1. The minimum absolute atomic E-state index is 0.0493. The summed E-state index contributed by atoms with van der Waals surface area (Å²) in [4.78, 5) is 16.6. The van der Waals surface area contributed by atoms with Crippen molar-refractivity contribution in [3.05, 3.63) is 86.9 Å². The number of thioether (sulfide) groups is 1. The molecule has 0 aliphatic heterocycles. The Labute approximate surface area is 147 Å². The number of pyridine rings is 1. The molecule has 3 rings (SSSR count). The van der Waals surface area contributed by atoms with Crippen molar-refractivity contribution in [3.8, 4) is 0 Å². The SMILES string of the molecule is O=c1cc(CSC/C=C/c2ccccc2)nc2ccc(Br)cn12. The van der Waals surface area contributed by atoms with Gasteiger partial charge in [-0.3, -0.25) is 9.20 Å². The summed E-state index contributed by atoms with van der Waals surface area (Å²) in [7, 11) is 0. The Balaban J connectivity index is 1.62. The lowest BCUT2D eigenvalue weighted by Crippen LogP contribution is -2.15. The standard InChI is InChI=1S/C18H15BrN2OS/c19-15-8-9-17-20-16(11-18(22)21(17)12-15)13-23-10-4-7-14-5-2-1-3-6-14/h1-9,11-12H,10,13H2/b7-4+. The molecule has 116 valence electrons. The van der Waals surface area contributed by atoms with E-state index in [2.05, 4.69) is 45.2 Å². The van der Waals surface area contributed by atoms with E-state index < -0.39 is 0 Å². The quantitative estimate of drug-likeness (QED) is 0.609. The number of benzene rings is 1. The fourth-order valence-electron chi connectivity index (χ4n) is 2.18. The summed E-state index contributed by atoms with van der Waals surface area (Å²) < 4.78 is 2.41. The van der Waals surface area contributed by atoms with Gasteiger partial charge in [0.25, 0.3) is 5.56 Å². The Morgan fingerprint density at radius 2 is 2.00 bits per heavy atom. The fourth-order valence-corrected chi connectivity index (χ4v) is 3.22. The highest BCUT2D eigenvalue weighted by molar-refractivity contribution is 9.10. The highest BCUT2D eigenvalue weighted by Gasteiger charge is 2.02. The molecule has 0 saturated carbocycles. The van der Waals surface area contributed by atoms with Gasteiger partial charge in [0.1, 0.15) is 5.65 Å². The van der Waals surface area contributed by atoms with E-state index in [4.69, 9.17) is 0 Å². The maximum absolute atomic E-state index is 12.1. The monoisotopic (exact) mass is 386 g/mol. The maximum atomic E-state index is 12.1. The zero-order valence-corrected chi connectivity index (χ0v) is 14.8. The van der Waals surface area contributed by atoms with E-state index in [1.54, 1.807) is 28.4 Å². The second-order valence-corrected chi connectivity index (χ2v) is 6.94. The number of nitrogens with zero attached hydrogens (tertiary/aromatic N) is 2. The second kappa shape index (κ2) is 7.62. The molecule has 3 aromatic rings. The lowest BCUT2D eigenvalue weighted by molar-refractivity contribution is 1.01. The molecule has 1 aromatic carbocycles. The summed E-state index contributed by atoms with van der Waals surface area (Å²) in [6.07, 6.45) is 5.97. The van der Waals surface area contributed by atoms with Gasteiger partial charge in [0.2, 0.25) is 0 Å². The van der Waals surface area contributed by atoms with Gasteiger partial charge in [0.05, 0.1) is 5.69 Å². The van der Waals surface area contributed by atoms with Crippen LogP contribution in [0.5, 0.6) is 0 Å². The van der Waals surface area contributed by atoms with Crippen LogP contribution in [0.1, 0.15) is 11.3 Å². The largest absolute Gasteiger partial charge is 0.269 e. The van der Waals surface area contributed by atoms with Crippen molar-refractivity contribution < 1.29 is 0 Å². The van der Waals surface area contributed by atoms with Crippen LogP contribution in [0.4, 0.5) is 0 Å². The first-order valence-electron chi connectivity index (χ1n) is 7.19. The summed E-state index contributed by atoms with van der Waals surface area (Å²) in [5.41, 5.74) is 2.64. The first kappa shape index (κ1) is 16.0. The lowest BCUT2D eigenvalue weighted by Gasteiger charge is -2.04. The number of rotatable bonds is 5. The summed E-state index contributed by atoms with van der Waals surface area (Å²) >= 11 is 5.10. The molecule has 23 heavy (non-hydrogen) atoms. The zero-order valence-electron chi connectivity index (χ0n) is 12.4. The van der Waals surface area contributed by atoms with Crippen molar-refractivity contribution in [2.24, 2.45) is 0 Å².